The van der Waals surface area contributed by atoms with Gasteiger partial charge in [-0.05, 0) is 36.2 Å². The van der Waals surface area contributed by atoms with Crippen molar-refractivity contribution in [2.75, 3.05) is 22.3 Å². The lowest BCUT2D eigenvalue weighted by Crippen LogP contribution is -2.35. The van der Waals surface area contributed by atoms with Crippen molar-refractivity contribution < 1.29 is 13.4 Å². The van der Waals surface area contributed by atoms with Gasteiger partial charge in [0.25, 0.3) is 15.8 Å². The molecule has 0 bridgehead atoms. The maximum absolute atomic E-state index is 13.1. The van der Waals surface area contributed by atoms with E-state index >= 15 is 0 Å². The number of fused-ring (bicyclic) bond motifs is 1. The maximum atomic E-state index is 13.1. The summed E-state index contributed by atoms with van der Waals surface area (Å²) in [6, 6.07) is 21.2. The number of aromatic nitrogens is 1. The van der Waals surface area contributed by atoms with Gasteiger partial charge in [0, 0.05) is 19.0 Å². The van der Waals surface area contributed by atoms with Gasteiger partial charge in [-0.1, -0.05) is 42.5 Å². The van der Waals surface area contributed by atoms with Gasteiger partial charge in [-0.2, -0.15) is 0 Å². The smallest absolute Gasteiger partial charge is 0.267 e. The highest BCUT2D eigenvalue weighted by Crippen LogP contribution is 2.25. The van der Waals surface area contributed by atoms with Gasteiger partial charge in [0.2, 0.25) is 0 Å². The van der Waals surface area contributed by atoms with Crippen LogP contribution in [0.15, 0.2) is 77.8 Å². The van der Waals surface area contributed by atoms with E-state index in [4.69, 9.17) is 0 Å². The summed E-state index contributed by atoms with van der Waals surface area (Å²) in [6.45, 7) is 3.94. The molecule has 1 N–H and O–H groups in total. The van der Waals surface area contributed by atoms with Gasteiger partial charge in [-0.3, -0.25) is 9.21 Å². The lowest BCUT2D eigenvalue weighted by molar-refractivity contribution is -0.367. The number of H-pyrrole nitrogens is 1. The largest absolute Gasteiger partial charge is 0.274 e. The van der Waals surface area contributed by atoms with Crippen molar-refractivity contribution in [2.24, 2.45) is 0 Å². The minimum absolute atomic E-state index is 0.263. The number of nitrogens with one attached hydrogen (secondary N) is 1. The number of nitrogens with zero attached hydrogens (tertiary/aromatic N) is 2. The molecule has 0 fully saturated rings. The standard InChI is InChI=1S/C22H23N3O2S/c1-2-25(20-10-4-3-5-11-20)28(26,27)21-12-13-22(23-16-21)24-15-14-18-8-6-7-9-19(18)17-24/h3-13,16H,2,14-15,17H2,1H3/p+1. The summed E-state index contributed by atoms with van der Waals surface area (Å²) in [4.78, 5) is 5.70. The minimum Gasteiger partial charge on any atom is -0.267 e. The van der Waals surface area contributed by atoms with Gasteiger partial charge >= 0.3 is 0 Å². The molecule has 0 radical (unpaired) electrons. The fourth-order valence-corrected chi connectivity index (χ4v) is 5.12. The molecule has 4 rings (SSSR count). The first kappa shape index (κ1) is 18.5. The average Bonchev–Trinajstić information content (AvgIpc) is 2.74. The topological polar surface area (TPSA) is 54.8 Å². The van der Waals surface area contributed by atoms with E-state index in [0.29, 0.717) is 12.2 Å². The molecule has 2 aromatic carbocycles. The predicted molar refractivity (Wildman–Crippen MR) is 111 cm³/mol. The van der Waals surface area contributed by atoms with Crippen LogP contribution in [0.5, 0.6) is 0 Å². The molecule has 144 valence electrons. The van der Waals surface area contributed by atoms with Crippen LogP contribution in [0.1, 0.15) is 18.1 Å². The van der Waals surface area contributed by atoms with Crippen molar-refractivity contribution in [3.8, 4) is 0 Å². The fraction of sp³-hybridized carbons (Fsp3) is 0.227. The Labute approximate surface area is 166 Å². The van der Waals surface area contributed by atoms with E-state index in [1.54, 1.807) is 12.3 Å². The predicted octanol–water partition coefficient (Wildman–Crippen LogP) is 3.28. The number of hydrogen-bond acceptors (Lipinski definition) is 3. The van der Waals surface area contributed by atoms with Crippen molar-refractivity contribution in [2.45, 2.75) is 24.8 Å². The van der Waals surface area contributed by atoms with Crippen LogP contribution in [-0.4, -0.2) is 21.5 Å². The summed E-state index contributed by atoms with van der Waals surface area (Å²) < 4.78 is 27.6. The number of pyridine rings is 1. The monoisotopic (exact) mass is 394 g/mol. The molecule has 0 atom stereocenters. The number of anilines is 2. The van der Waals surface area contributed by atoms with Crippen LogP contribution < -0.4 is 14.2 Å². The van der Waals surface area contributed by atoms with E-state index < -0.39 is 10.0 Å². The molecule has 1 aliphatic heterocycles. The molecule has 3 aromatic rings. The second kappa shape index (κ2) is 7.64. The molecule has 1 aliphatic rings. The van der Waals surface area contributed by atoms with E-state index in [2.05, 4.69) is 34.1 Å². The summed E-state index contributed by atoms with van der Waals surface area (Å²) in [6.07, 6.45) is 2.58. The van der Waals surface area contributed by atoms with Gasteiger partial charge in [-0.15, -0.1) is 0 Å². The number of rotatable bonds is 5. The molecular weight excluding hydrogens is 370 g/mol. The first-order chi connectivity index (χ1) is 13.6. The molecule has 0 saturated carbocycles. The summed E-state index contributed by atoms with van der Waals surface area (Å²) in [5.41, 5.74) is 3.38. The maximum Gasteiger partial charge on any atom is 0.274 e. The van der Waals surface area contributed by atoms with Gasteiger partial charge in [0.15, 0.2) is 0 Å². The zero-order chi connectivity index (χ0) is 19.6. The van der Waals surface area contributed by atoms with Crippen LogP contribution in [0.25, 0.3) is 0 Å². The number of aromatic amines is 1. The van der Waals surface area contributed by atoms with E-state index in [0.717, 1.165) is 25.3 Å². The summed E-state index contributed by atoms with van der Waals surface area (Å²) in [7, 11) is -3.62. The lowest BCUT2D eigenvalue weighted by atomic mass is 10.00. The molecule has 0 unspecified atom stereocenters. The molecule has 5 nitrogen and oxygen atoms in total. The van der Waals surface area contributed by atoms with Gasteiger partial charge in [0.05, 0.1) is 12.2 Å². The highest BCUT2D eigenvalue weighted by molar-refractivity contribution is 7.92. The zero-order valence-electron chi connectivity index (χ0n) is 15.9. The lowest BCUT2D eigenvalue weighted by Gasteiger charge is -2.24. The van der Waals surface area contributed by atoms with Gasteiger partial charge in [0.1, 0.15) is 17.6 Å². The third-order valence-electron chi connectivity index (χ3n) is 5.16. The molecule has 0 aliphatic carbocycles. The Bertz CT molecular complexity index is 1050. The quantitative estimate of drug-likeness (QED) is 0.667. The highest BCUT2D eigenvalue weighted by Gasteiger charge is 2.27. The number of hydrogen-bond donors (Lipinski definition) is 0. The zero-order valence-corrected chi connectivity index (χ0v) is 16.7. The summed E-state index contributed by atoms with van der Waals surface area (Å²) >= 11 is 0. The Hall–Kier alpha value is -2.86. The van der Waals surface area contributed by atoms with Crippen molar-refractivity contribution in [3.05, 3.63) is 84.1 Å². The molecule has 0 saturated heterocycles. The fourth-order valence-electron chi connectivity index (χ4n) is 3.67. The van der Waals surface area contributed by atoms with Crippen LogP contribution >= 0.6 is 0 Å². The molecule has 28 heavy (non-hydrogen) atoms. The van der Waals surface area contributed by atoms with E-state index in [1.807, 2.05) is 43.3 Å². The van der Waals surface area contributed by atoms with E-state index in [1.165, 1.54) is 15.4 Å². The highest BCUT2D eigenvalue weighted by atomic mass is 32.2. The minimum atomic E-state index is -3.62. The Kier molecular flexibility index (Phi) is 5.05. The molecule has 1 aromatic heterocycles. The van der Waals surface area contributed by atoms with Crippen LogP contribution in [0, 0.1) is 0 Å². The third-order valence-corrected chi connectivity index (χ3v) is 7.06. The van der Waals surface area contributed by atoms with Crippen LogP contribution in [0.3, 0.4) is 0 Å². The molecule has 6 heteroatoms. The molecule has 0 amide bonds. The van der Waals surface area contributed by atoms with Gasteiger partial charge < -0.3 is 0 Å². The van der Waals surface area contributed by atoms with Gasteiger partial charge in [-0.25, -0.2) is 13.4 Å². The number of benzene rings is 2. The van der Waals surface area contributed by atoms with Crippen LogP contribution in [0.4, 0.5) is 11.5 Å². The number of sulfonamides is 1. The molecule has 0 spiro atoms. The Morgan fingerprint density at radius 3 is 2.36 bits per heavy atom. The van der Waals surface area contributed by atoms with E-state index in [9.17, 15) is 8.42 Å². The Balaban J connectivity index is 1.58. The molecular formula is C22H24N3O2S+. The number of para-hydroxylation sites is 1. The van der Waals surface area contributed by atoms with Crippen LogP contribution in [0.2, 0.25) is 0 Å². The average molecular weight is 395 g/mol. The molecule has 2 heterocycles. The Morgan fingerprint density at radius 1 is 0.964 bits per heavy atom. The first-order valence-corrected chi connectivity index (χ1v) is 10.9. The first-order valence-electron chi connectivity index (χ1n) is 9.51. The summed E-state index contributed by atoms with van der Waals surface area (Å²) in [5, 5.41) is 0. The van der Waals surface area contributed by atoms with Crippen molar-refractivity contribution in [3.63, 3.8) is 0 Å². The summed E-state index contributed by atoms with van der Waals surface area (Å²) in [5.74, 6) is 0.927. The second-order valence-electron chi connectivity index (χ2n) is 6.86. The van der Waals surface area contributed by atoms with Crippen LogP contribution in [-0.2, 0) is 23.0 Å². The van der Waals surface area contributed by atoms with E-state index in [-0.39, 0.29) is 4.90 Å². The van der Waals surface area contributed by atoms with Crippen molar-refractivity contribution in [1.29, 1.82) is 0 Å². The SMILES string of the molecule is CCN(c1ccccc1)S(=O)(=O)c1ccc(N2CCc3ccccc3C2)[nH+]c1. The normalized spacial score (nSPS) is 13.8. The second-order valence-corrected chi connectivity index (χ2v) is 8.72. The van der Waals surface area contributed by atoms with Crippen molar-refractivity contribution >= 4 is 21.5 Å². The Morgan fingerprint density at radius 2 is 1.68 bits per heavy atom. The third kappa shape index (κ3) is 3.47. The van der Waals surface area contributed by atoms with Crippen molar-refractivity contribution in [1.82, 2.24) is 0 Å².